The van der Waals surface area contributed by atoms with Crippen LogP contribution in [-0.2, 0) is 0 Å². The largest absolute Gasteiger partial charge is 0.504 e. The molecule has 0 amide bonds. The Bertz CT molecular complexity index is 575. The van der Waals surface area contributed by atoms with Crippen molar-refractivity contribution in [1.29, 1.82) is 0 Å². The number of phenols is 2. The third-order valence-electron chi connectivity index (χ3n) is 2.76. The molecule has 0 aliphatic heterocycles. The van der Waals surface area contributed by atoms with Gasteiger partial charge >= 0.3 is 0 Å². The number of benzene rings is 3. The normalized spacial score (nSPS) is 9.40. The summed E-state index contributed by atoms with van der Waals surface area (Å²) in [5.74, 6) is -0.153. The zero-order valence-electron chi connectivity index (χ0n) is 11.0. The first-order valence-electron chi connectivity index (χ1n) is 6.35. The molecule has 0 heterocycles. The van der Waals surface area contributed by atoms with Crippen molar-refractivity contribution in [3.8, 4) is 22.6 Å². The van der Waals surface area contributed by atoms with E-state index < -0.39 is 0 Å². The van der Waals surface area contributed by atoms with Crippen LogP contribution in [0.15, 0.2) is 84.9 Å². The Morgan fingerprint density at radius 2 is 0.700 bits per heavy atom. The SMILES string of the molecule is Oc1ccccc1O.c1ccc(-c2ccccc2)cc1. The van der Waals surface area contributed by atoms with E-state index in [9.17, 15) is 0 Å². The van der Waals surface area contributed by atoms with Crippen LogP contribution in [0.2, 0.25) is 0 Å². The molecule has 2 nitrogen and oxygen atoms in total. The van der Waals surface area contributed by atoms with Crippen LogP contribution in [0.1, 0.15) is 0 Å². The zero-order valence-corrected chi connectivity index (χ0v) is 11.0. The lowest BCUT2D eigenvalue weighted by Crippen LogP contribution is -1.73. The van der Waals surface area contributed by atoms with Crippen LogP contribution in [0.4, 0.5) is 0 Å². The first-order chi connectivity index (χ1) is 9.77. The molecular formula is C18H16O2. The number of hydrogen-bond donors (Lipinski definition) is 2. The van der Waals surface area contributed by atoms with Crippen LogP contribution >= 0.6 is 0 Å². The van der Waals surface area contributed by atoms with Crippen molar-refractivity contribution < 1.29 is 10.2 Å². The average Bonchev–Trinajstić information content (AvgIpc) is 2.53. The number of aromatic hydroxyl groups is 2. The Labute approximate surface area is 118 Å². The minimum absolute atomic E-state index is 0.0764. The van der Waals surface area contributed by atoms with Crippen molar-refractivity contribution in [2.24, 2.45) is 0 Å². The summed E-state index contributed by atoms with van der Waals surface area (Å²) in [5.41, 5.74) is 2.55. The molecule has 0 saturated carbocycles. The number of hydrogen-bond acceptors (Lipinski definition) is 2. The summed E-state index contributed by atoms with van der Waals surface area (Å²) in [6.07, 6.45) is 0. The molecule has 0 unspecified atom stereocenters. The van der Waals surface area contributed by atoms with Gasteiger partial charge in [-0.1, -0.05) is 72.8 Å². The van der Waals surface area contributed by atoms with Crippen molar-refractivity contribution in [3.05, 3.63) is 84.9 Å². The van der Waals surface area contributed by atoms with Crippen LogP contribution in [0.3, 0.4) is 0 Å². The molecule has 0 radical (unpaired) electrons. The highest BCUT2D eigenvalue weighted by molar-refractivity contribution is 5.62. The molecular weight excluding hydrogens is 248 g/mol. The predicted molar refractivity (Wildman–Crippen MR) is 81.6 cm³/mol. The van der Waals surface area contributed by atoms with E-state index in [1.807, 2.05) is 12.1 Å². The molecule has 3 rings (SSSR count). The van der Waals surface area contributed by atoms with Gasteiger partial charge < -0.3 is 10.2 Å². The Balaban J connectivity index is 0.000000160. The van der Waals surface area contributed by atoms with E-state index >= 15 is 0 Å². The molecule has 20 heavy (non-hydrogen) atoms. The third-order valence-corrected chi connectivity index (χ3v) is 2.76. The van der Waals surface area contributed by atoms with Gasteiger partial charge in [-0.15, -0.1) is 0 Å². The maximum Gasteiger partial charge on any atom is 0.157 e. The second-order valence-corrected chi connectivity index (χ2v) is 4.22. The summed E-state index contributed by atoms with van der Waals surface area (Å²) >= 11 is 0. The van der Waals surface area contributed by atoms with Crippen LogP contribution < -0.4 is 0 Å². The number of phenolic OH excluding ortho intramolecular Hbond substituents is 2. The molecule has 0 saturated heterocycles. The standard InChI is InChI=1S/C12H10.C6H6O2/c1-3-7-11(8-4-1)12-9-5-2-6-10-12;7-5-3-1-2-4-6(5)8/h1-10H;1-4,7-8H. The van der Waals surface area contributed by atoms with Crippen LogP contribution in [0.5, 0.6) is 11.5 Å². The first kappa shape index (κ1) is 13.7. The first-order valence-corrected chi connectivity index (χ1v) is 6.35. The Hall–Kier alpha value is -2.74. The predicted octanol–water partition coefficient (Wildman–Crippen LogP) is 4.45. The summed E-state index contributed by atoms with van der Waals surface area (Å²) < 4.78 is 0. The van der Waals surface area contributed by atoms with E-state index in [0.717, 1.165) is 0 Å². The van der Waals surface area contributed by atoms with Gasteiger partial charge in [0, 0.05) is 0 Å². The minimum Gasteiger partial charge on any atom is -0.504 e. The summed E-state index contributed by atoms with van der Waals surface area (Å²) in [6.45, 7) is 0. The zero-order chi connectivity index (χ0) is 14.2. The molecule has 100 valence electrons. The topological polar surface area (TPSA) is 40.5 Å². The highest BCUT2D eigenvalue weighted by atomic mass is 16.3. The van der Waals surface area contributed by atoms with E-state index in [2.05, 4.69) is 48.5 Å². The van der Waals surface area contributed by atoms with Gasteiger partial charge in [0.05, 0.1) is 0 Å². The average molecular weight is 264 g/mol. The van der Waals surface area contributed by atoms with Crippen molar-refractivity contribution in [1.82, 2.24) is 0 Å². The smallest absolute Gasteiger partial charge is 0.157 e. The molecule has 2 N–H and O–H groups in total. The van der Waals surface area contributed by atoms with Gasteiger partial charge in [-0.25, -0.2) is 0 Å². The molecule has 0 spiro atoms. The molecule has 0 atom stereocenters. The maximum absolute atomic E-state index is 8.67. The molecule has 3 aromatic rings. The van der Waals surface area contributed by atoms with Crippen molar-refractivity contribution in [2.45, 2.75) is 0 Å². The van der Waals surface area contributed by atoms with Crippen molar-refractivity contribution in [2.75, 3.05) is 0 Å². The second-order valence-electron chi connectivity index (χ2n) is 4.22. The molecule has 3 aromatic carbocycles. The Morgan fingerprint density at radius 1 is 0.400 bits per heavy atom. The molecule has 0 fully saturated rings. The summed E-state index contributed by atoms with van der Waals surface area (Å²) in [4.78, 5) is 0. The van der Waals surface area contributed by atoms with Gasteiger partial charge in [0.25, 0.3) is 0 Å². The van der Waals surface area contributed by atoms with Gasteiger partial charge in [-0.3, -0.25) is 0 Å². The molecule has 0 bridgehead atoms. The Morgan fingerprint density at radius 3 is 1.00 bits per heavy atom. The monoisotopic (exact) mass is 264 g/mol. The maximum atomic E-state index is 8.67. The van der Waals surface area contributed by atoms with Gasteiger partial charge in [-0.05, 0) is 23.3 Å². The van der Waals surface area contributed by atoms with Crippen molar-refractivity contribution >= 4 is 0 Å². The lowest BCUT2D eigenvalue weighted by atomic mass is 10.1. The van der Waals surface area contributed by atoms with Gasteiger partial charge in [0.15, 0.2) is 11.5 Å². The van der Waals surface area contributed by atoms with E-state index in [-0.39, 0.29) is 11.5 Å². The van der Waals surface area contributed by atoms with E-state index in [4.69, 9.17) is 10.2 Å². The summed E-state index contributed by atoms with van der Waals surface area (Å²) in [7, 11) is 0. The van der Waals surface area contributed by atoms with E-state index in [1.165, 1.54) is 23.3 Å². The molecule has 0 aliphatic rings. The fourth-order valence-corrected chi connectivity index (χ4v) is 1.73. The third kappa shape index (κ3) is 3.89. The minimum atomic E-state index is -0.0764. The van der Waals surface area contributed by atoms with Gasteiger partial charge in [0.2, 0.25) is 0 Å². The lowest BCUT2D eigenvalue weighted by molar-refractivity contribution is 0.404. The van der Waals surface area contributed by atoms with Crippen molar-refractivity contribution in [3.63, 3.8) is 0 Å². The fourth-order valence-electron chi connectivity index (χ4n) is 1.73. The second kappa shape index (κ2) is 7.00. The molecule has 0 aliphatic carbocycles. The highest BCUT2D eigenvalue weighted by Crippen LogP contribution is 2.21. The van der Waals surface area contributed by atoms with Gasteiger partial charge in [0.1, 0.15) is 0 Å². The summed E-state index contributed by atoms with van der Waals surface area (Å²) in [5, 5.41) is 17.3. The Kier molecular flexibility index (Phi) is 4.79. The summed E-state index contributed by atoms with van der Waals surface area (Å²) in [6, 6.07) is 26.9. The lowest BCUT2D eigenvalue weighted by Gasteiger charge is -1.98. The van der Waals surface area contributed by atoms with Gasteiger partial charge in [-0.2, -0.15) is 0 Å². The van der Waals surface area contributed by atoms with Crippen LogP contribution in [0.25, 0.3) is 11.1 Å². The van der Waals surface area contributed by atoms with Crippen LogP contribution in [-0.4, -0.2) is 10.2 Å². The van der Waals surface area contributed by atoms with E-state index in [1.54, 1.807) is 12.1 Å². The molecule has 2 heteroatoms. The van der Waals surface area contributed by atoms with Crippen LogP contribution in [0, 0.1) is 0 Å². The number of para-hydroxylation sites is 2. The van der Waals surface area contributed by atoms with E-state index in [0.29, 0.717) is 0 Å². The number of rotatable bonds is 1. The quantitative estimate of drug-likeness (QED) is 0.637. The fraction of sp³-hybridized carbons (Fsp3) is 0. The highest BCUT2D eigenvalue weighted by Gasteiger charge is 1.92. The molecule has 0 aromatic heterocycles.